The number of allylic oxidation sites excluding steroid dienone is 5. The standard InChI is InChI=1S/C46H32N4O/c1-3-5-16-30(4-2)44-47-45(31-17-8-6-9-18-31)49-46(48-44)37-24-15-26-41-42(37)36-23-14-22-34(43(36)51-41)32-27-28-40-38(29-32)35-21-12-13-25-39(35)50(40)33-19-10-7-11-20-33/h3-29H,1H2,2H3/b16-5-,30-4+. The molecular formula is C46H32N4O. The van der Waals surface area contributed by atoms with Crippen molar-refractivity contribution in [2.45, 2.75) is 6.92 Å². The molecule has 3 aromatic heterocycles. The third-order valence-corrected chi connectivity index (χ3v) is 9.41. The van der Waals surface area contributed by atoms with Crippen LogP contribution in [0.2, 0.25) is 0 Å². The topological polar surface area (TPSA) is 56.7 Å². The second-order valence-corrected chi connectivity index (χ2v) is 12.4. The van der Waals surface area contributed by atoms with Gasteiger partial charge in [-0.05, 0) is 48.9 Å². The SMILES string of the molecule is C=C/C=C\C(=C/C)c1nc(-c2ccccc2)nc(-c2cccc3oc4c(-c5ccc6c(c5)c5ccccc5n6-c5ccccc5)cccc4c23)n1. The summed E-state index contributed by atoms with van der Waals surface area (Å²) in [5.74, 6) is 1.78. The number of para-hydroxylation sites is 3. The van der Waals surface area contributed by atoms with Gasteiger partial charge in [0.05, 0.1) is 11.0 Å². The molecule has 0 amide bonds. The summed E-state index contributed by atoms with van der Waals surface area (Å²) in [6.45, 7) is 5.82. The van der Waals surface area contributed by atoms with Crippen molar-refractivity contribution >= 4 is 49.3 Å². The zero-order chi connectivity index (χ0) is 34.3. The Morgan fingerprint density at radius 2 is 1.33 bits per heavy atom. The fourth-order valence-corrected chi connectivity index (χ4v) is 7.07. The lowest BCUT2D eigenvalue weighted by Gasteiger charge is -2.09. The van der Waals surface area contributed by atoms with E-state index in [2.05, 4.69) is 108 Å². The van der Waals surface area contributed by atoms with E-state index in [0.29, 0.717) is 17.5 Å². The smallest absolute Gasteiger partial charge is 0.164 e. The lowest BCUT2D eigenvalue weighted by molar-refractivity contribution is 0.670. The van der Waals surface area contributed by atoms with Crippen LogP contribution in [-0.2, 0) is 0 Å². The number of rotatable bonds is 7. The highest BCUT2D eigenvalue weighted by atomic mass is 16.3. The Kier molecular flexibility index (Phi) is 7.44. The molecule has 242 valence electrons. The summed E-state index contributed by atoms with van der Waals surface area (Å²) in [5, 5.41) is 4.37. The molecular weight excluding hydrogens is 625 g/mol. The number of benzene rings is 6. The molecule has 0 atom stereocenters. The molecule has 0 radical (unpaired) electrons. The molecule has 0 aliphatic heterocycles. The quantitative estimate of drug-likeness (QED) is 0.160. The first-order valence-electron chi connectivity index (χ1n) is 17.0. The number of hydrogen-bond acceptors (Lipinski definition) is 4. The van der Waals surface area contributed by atoms with Crippen LogP contribution in [0.4, 0.5) is 0 Å². The molecule has 0 unspecified atom stereocenters. The minimum absolute atomic E-state index is 0.582. The van der Waals surface area contributed by atoms with Gasteiger partial charge < -0.3 is 8.98 Å². The molecule has 0 aliphatic carbocycles. The molecule has 51 heavy (non-hydrogen) atoms. The van der Waals surface area contributed by atoms with Crippen molar-refractivity contribution in [1.29, 1.82) is 0 Å². The van der Waals surface area contributed by atoms with Gasteiger partial charge in [0.1, 0.15) is 11.2 Å². The van der Waals surface area contributed by atoms with Gasteiger partial charge in [-0.25, -0.2) is 15.0 Å². The first kappa shape index (κ1) is 30.2. The van der Waals surface area contributed by atoms with Gasteiger partial charge in [-0.1, -0.05) is 134 Å². The Morgan fingerprint density at radius 1 is 0.627 bits per heavy atom. The summed E-state index contributed by atoms with van der Waals surface area (Å²) in [5.41, 5.74) is 9.87. The largest absolute Gasteiger partial charge is 0.455 e. The van der Waals surface area contributed by atoms with Gasteiger partial charge >= 0.3 is 0 Å². The van der Waals surface area contributed by atoms with Crippen molar-refractivity contribution in [2.75, 3.05) is 0 Å². The molecule has 3 heterocycles. The van der Waals surface area contributed by atoms with Crippen LogP contribution in [0.15, 0.2) is 175 Å². The van der Waals surface area contributed by atoms with Gasteiger partial charge in [0.2, 0.25) is 0 Å². The van der Waals surface area contributed by atoms with E-state index >= 15 is 0 Å². The van der Waals surface area contributed by atoms with Gasteiger partial charge in [0.15, 0.2) is 17.5 Å². The van der Waals surface area contributed by atoms with Crippen molar-refractivity contribution in [1.82, 2.24) is 19.5 Å². The summed E-state index contributed by atoms with van der Waals surface area (Å²) >= 11 is 0. The third-order valence-electron chi connectivity index (χ3n) is 9.41. The van der Waals surface area contributed by atoms with Crippen molar-refractivity contribution in [2.24, 2.45) is 0 Å². The molecule has 9 rings (SSSR count). The van der Waals surface area contributed by atoms with E-state index in [-0.39, 0.29) is 0 Å². The zero-order valence-corrected chi connectivity index (χ0v) is 28.0. The Balaban J connectivity index is 1.24. The molecule has 0 fully saturated rings. The summed E-state index contributed by atoms with van der Waals surface area (Å²) < 4.78 is 9.07. The molecule has 0 bridgehead atoms. The zero-order valence-electron chi connectivity index (χ0n) is 28.0. The van der Waals surface area contributed by atoms with Crippen LogP contribution in [0.5, 0.6) is 0 Å². The maximum absolute atomic E-state index is 6.73. The van der Waals surface area contributed by atoms with E-state index < -0.39 is 0 Å². The number of hydrogen-bond donors (Lipinski definition) is 0. The molecule has 0 saturated heterocycles. The summed E-state index contributed by atoms with van der Waals surface area (Å²) in [6, 6.07) is 48.3. The van der Waals surface area contributed by atoms with Gasteiger partial charge in [0.25, 0.3) is 0 Å². The fraction of sp³-hybridized carbons (Fsp3) is 0.0217. The Hall–Kier alpha value is -6.85. The minimum Gasteiger partial charge on any atom is -0.455 e. The van der Waals surface area contributed by atoms with Gasteiger partial charge in [0, 0.05) is 49.5 Å². The Labute approximate surface area is 295 Å². The summed E-state index contributed by atoms with van der Waals surface area (Å²) in [4.78, 5) is 15.0. The predicted octanol–water partition coefficient (Wildman–Crippen LogP) is 12.0. The second-order valence-electron chi connectivity index (χ2n) is 12.4. The lowest BCUT2D eigenvalue weighted by Crippen LogP contribution is -2.02. The average Bonchev–Trinajstić information content (AvgIpc) is 3.74. The van der Waals surface area contributed by atoms with Crippen LogP contribution < -0.4 is 0 Å². The molecule has 0 N–H and O–H groups in total. The maximum Gasteiger partial charge on any atom is 0.164 e. The number of furan rings is 1. The van der Waals surface area contributed by atoms with Crippen molar-refractivity contribution in [3.05, 3.63) is 176 Å². The second kappa shape index (κ2) is 12.6. The molecule has 0 aliphatic rings. The van der Waals surface area contributed by atoms with E-state index in [1.54, 1.807) is 6.08 Å². The van der Waals surface area contributed by atoms with Gasteiger partial charge in [-0.2, -0.15) is 0 Å². The predicted molar refractivity (Wildman–Crippen MR) is 211 cm³/mol. The number of aromatic nitrogens is 4. The first-order chi connectivity index (χ1) is 25.2. The van der Waals surface area contributed by atoms with Crippen molar-refractivity contribution in [3.8, 4) is 39.6 Å². The van der Waals surface area contributed by atoms with E-state index in [1.807, 2.05) is 67.6 Å². The van der Waals surface area contributed by atoms with Gasteiger partial charge in [-0.3, -0.25) is 0 Å². The highest BCUT2D eigenvalue weighted by molar-refractivity contribution is 6.16. The minimum atomic E-state index is 0.582. The lowest BCUT2D eigenvalue weighted by atomic mass is 9.99. The van der Waals surface area contributed by atoms with E-state index in [4.69, 9.17) is 19.4 Å². The van der Waals surface area contributed by atoms with E-state index in [0.717, 1.165) is 61.0 Å². The van der Waals surface area contributed by atoms with Crippen LogP contribution >= 0.6 is 0 Å². The third kappa shape index (κ3) is 5.15. The van der Waals surface area contributed by atoms with Crippen LogP contribution in [0.1, 0.15) is 12.7 Å². The fourth-order valence-electron chi connectivity index (χ4n) is 7.07. The number of nitrogens with zero attached hydrogens (tertiary/aromatic N) is 4. The van der Waals surface area contributed by atoms with Crippen molar-refractivity contribution in [3.63, 3.8) is 0 Å². The van der Waals surface area contributed by atoms with Gasteiger partial charge in [-0.15, -0.1) is 0 Å². The summed E-state index contributed by atoms with van der Waals surface area (Å²) in [7, 11) is 0. The molecule has 0 saturated carbocycles. The molecule has 5 nitrogen and oxygen atoms in total. The first-order valence-corrected chi connectivity index (χ1v) is 17.0. The highest BCUT2D eigenvalue weighted by Crippen LogP contribution is 2.42. The molecule has 0 spiro atoms. The average molecular weight is 657 g/mol. The Bertz CT molecular complexity index is 2820. The Morgan fingerprint density at radius 3 is 2.16 bits per heavy atom. The normalized spacial score (nSPS) is 12.1. The maximum atomic E-state index is 6.73. The monoisotopic (exact) mass is 656 g/mol. The van der Waals surface area contributed by atoms with Crippen LogP contribution in [0, 0.1) is 0 Å². The van der Waals surface area contributed by atoms with Crippen molar-refractivity contribution < 1.29 is 4.42 Å². The van der Waals surface area contributed by atoms with Crippen LogP contribution in [0.25, 0.3) is 88.9 Å². The van der Waals surface area contributed by atoms with E-state index in [1.165, 1.54) is 16.3 Å². The summed E-state index contributed by atoms with van der Waals surface area (Å²) in [6.07, 6.45) is 7.61. The van der Waals surface area contributed by atoms with Crippen LogP contribution in [0.3, 0.4) is 0 Å². The molecule has 9 aromatic rings. The number of fused-ring (bicyclic) bond motifs is 6. The van der Waals surface area contributed by atoms with E-state index in [9.17, 15) is 0 Å². The molecule has 5 heteroatoms. The highest BCUT2D eigenvalue weighted by Gasteiger charge is 2.20. The molecule has 6 aromatic carbocycles. The van der Waals surface area contributed by atoms with Crippen LogP contribution in [-0.4, -0.2) is 19.5 Å².